The van der Waals surface area contributed by atoms with E-state index in [0.29, 0.717) is 6.10 Å². The molecule has 1 heteroatoms. The molecule has 0 saturated carbocycles. The van der Waals surface area contributed by atoms with Crippen molar-refractivity contribution in [3.63, 3.8) is 0 Å². The summed E-state index contributed by atoms with van der Waals surface area (Å²) in [6.07, 6.45) is 8.46. The number of benzene rings is 1. The Bertz CT molecular complexity index is 285. The maximum absolute atomic E-state index is 5.14. The third-order valence-corrected chi connectivity index (χ3v) is 2.42. The summed E-state index contributed by atoms with van der Waals surface area (Å²) in [5.41, 5.74) is 1.38. The molecule has 0 amide bonds. The van der Waals surface area contributed by atoms with Gasteiger partial charge in [0.25, 0.3) is 0 Å². The van der Waals surface area contributed by atoms with E-state index < -0.39 is 0 Å². The lowest BCUT2D eigenvalue weighted by molar-refractivity contribution is 0.398. The first-order chi connectivity index (χ1) is 6.95. The zero-order valence-electron chi connectivity index (χ0n) is 8.36. The lowest BCUT2D eigenvalue weighted by Crippen LogP contribution is -1.82. The molecule has 0 aliphatic carbocycles. The van der Waals surface area contributed by atoms with Crippen molar-refractivity contribution in [1.29, 1.82) is 0 Å². The molecule has 1 aliphatic heterocycles. The second-order valence-corrected chi connectivity index (χ2v) is 3.69. The fraction of sp³-hybridized carbons (Fsp3) is 0.385. The SMILES string of the molecule is C(=CCc1ccccc1)CCC1CO1. The average Bonchev–Trinajstić information content (AvgIpc) is 3.03. The zero-order chi connectivity index (χ0) is 9.64. The largest absolute Gasteiger partial charge is 0.373 e. The highest BCUT2D eigenvalue weighted by atomic mass is 16.6. The third-order valence-electron chi connectivity index (χ3n) is 2.42. The molecule has 1 heterocycles. The summed E-state index contributed by atoms with van der Waals surface area (Å²) < 4.78 is 5.14. The van der Waals surface area contributed by atoms with Crippen LogP contribution in [-0.4, -0.2) is 12.7 Å². The maximum Gasteiger partial charge on any atom is 0.0812 e. The minimum atomic E-state index is 0.566. The number of hydrogen-bond donors (Lipinski definition) is 0. The van der Waals surface area contributed by atoms with Gasteiger partial charge in [-0.3, -0.25) is 0 Å². The van der Waals surface area contributed by atoms with Crippen LogP contribution in [0.2, 0.25) is 0 Å². The number of rotatable bonds is 5. The van der Waals surface area contributed by atoms with E-state index in [1.54, 1.807) is 0 Å². The summed E-state index contributed by atoms with van der Waals surface area (Å²) >= 11 is 0. The smallest absolute Gasteiger partial charge is 0.0812 e. The summed E-state index contributed by atoms with van der Waals surface area (Å²) in [7, 11) is 0. The van der Waals surface area contributed by atoms with Crippen molar-refractivity contribution < 1.29 is 4.74 Å². The summed E-state index contributed by atoms with van der Waals surface area (Å²) in [6, 6.07) is 10.5. The van der Waals surface area contributed by atoms with Gasteiger partial charge in [0.2, 0.25) is 0 Å². The Morgan fingerprint density at radius 2 is 2.00 bits per heavy atom. The van der Waals surface area contributed by atoms with Crippen molar-refractivity contribution in [2.45, 2.75) is 25.4 Å². The van der Waals surface area contributed by atoms with Gasteiger partial charge in [-0.2, -0.15) is 0 Å². The van der Waals surface area contributed by atoms with Crippen molar-refractivity contribution in [1.82, 2.24) is 0 Å². The van der Waals surface area contributed by atoms with Crippen LogP contribution >= 0.6 is 0 Å². The van der Waals surface area contributed by atoms with Crippen LogP contribution in [-0.2, 0) is 11.2 Å². The van der Waals surface area contributed by atoms with Crippen molar-refractivity contribution in [2.75, 3.05) is 6.61 Å². The van der Waals surface area contributed by atoms with Gasteiger partial charge in [-0.25, -0.2) is 0 Å². The van der Waals surface area contributed by atoms with Crippen molar-refractivity contribution in [3.05, 3.63) is 48.0 Å². The average molecular weight is 188 g/mol. The minimum absolute atomic E-state index is 0.566. The molecule has 1 nitrogen and oxygen atoms in total. The predicted molar refractivity (Wildman–Crippen MR) is 58.3 cm³/mol. The highest BCUT2D eigenvalue weighted by Gasteiger charge is 2.20. The van der Waals surface area contributed by atoms with Crippen molar-refractivity contribution in [3.8, 4) is 0 Å². The van der Waals surface area contributed by atoms with E-state index in [1.807, 2.05) is 0 Å². The van der Waals surface area contributed by atoms with Gasteiger partial charge in [0, 0.05) is 0 Å². The Kier molecular flexibility index (Phi) is 3.36. The van der Waals surface area contributed by atoms with E-state index in [0.717, 1.165) is 19.4 Å². The van der Waals surface area contributed by atoms with Crippen LogP contribution < -0.4 is 0 Å². The van der Waals surface area contributed by atoms with Gasteiger partial charge in [-0.15, -0.1) is 0 Å². The highest BCUT2D eigenvalue weighted by Crippen LogP contribution is 2.15. The Morgan fingerprint density at radius 1 is 1.21 bits per heavy atom. The topological polar surface area (TPSA) is 12.5 Å². The van der Waals surface area contributed by atoms with Crippen LogP contribution in [0.5, 0.6) is 0 Å². The van der Waals surface area contributed by atoms with Gasteiger partial charge in [-0.1, -0.05) is 42.5 Å². The van der Waals surface area contributed by atoms with E-state index in [4.69, 9.17) is 4.74 Å². The van der Waals surface area contributed by atoms with Crippen LogP contribution in [0.3, 0.4) is 0 Å². The lowest BCUT2D eigenvalue weighted by Gasteiger charge is -1.94. The van der Waals surface area contributed by atoms with Crippen LogP contribution in [0.4, 0.5) is 0 Å². The van der Waals surface area contributed by atoms with Crippen LogP contribution in [0.15, 0.2) is 42.5 Å². The van der Waals surface area contributed by atoms with Gasteiger partial charge >= 0.3 is 0 Å². The summed E-state index contributed by atoms with van der Waals surface area (Å²) in [6.45, 7) is 0.979. The van der Waals surface area contributed by atoms with E-state index in [9.17, 15) is 0 Å². The molecule has 1 atom stereocenters. The number of hydrogen-bond acceptors (Lipinski definition) is 1. The molecule has 1 unspecified atom stereocenters. The Hall–Kier alpha value is -1.08. The Balaban J connectivity index is 1.65. The zero-order valence-corrected chi connectivity index (χ0v) is 8.36. The molecular weight excluding hydrogens is 172 g/mol. The molecule has 1 aromatic carbocycles. The molecule has 1 fully saturated rings. The first kappa shape index (κ1) is 9.47. The molecule has 0 N–H and O–H groups in total. The first-order valence-electron chi connectivity index (χ1n) is 5.25. The standard InChI is InChI=1S/C13H16O/c1-3-7-12(8-4-1)9-5-2-6-10-13-11-14-13/h1-5,7-8,13H,6,9-11H2. The second kappa shape index (κ2) is 4.97. The molecule has 0 aromatic heterocycles. The summed E-state index contributed by atoms with van der Waals surface area (Å²) in [5, 5.41) is 0. The second-order valence-electron chi connectivity index (χ2n) is 3.69. The molecule has 0 spiro atoms. The quantitative estimate of drug-likeness (QED) is 0.511. The fourth-order valence-corrected chi connectivity index (χ4v) is 1.47. The third kappa shape index (κ3) is 3.35. The van der Waals surface area contributed by atoms with Crippen LogP contribution in [0.25, 0.3) is 0 Å². The normalized spacial score (nSPS) is 20.1. The molecule has 0 bridgehead atoms. The van der Waals surface area contributed by atoms with Gasteiger partial charge in [0.15, 0.2) is 0 Å². The van der Waals surface area contributed by atoms with Crippen LogP contribution in [0, 0.1) is 0 Å². The first-order valence-corrected chi connectivity index (χ1v) is 5.25. The number of epoxide rings is 1. The Labute approximate surface area is 85.4 Å². The van der Waals surface area contributed by atoms with E-state index >= 15 is 0 Å². The molecule has 74 valence electrons. The molecule has 0 radical (unpaired) electrons. The number of allylic oxidation sites excluding steroid dienone is 2. The minimum Gasteiger partial charge on any atom is -0.373 e. The Morgan fingerprint density at radius 3 is 2.71 bits per heavy atom. The molecule has 1 aromatic rings. The monoisotopic (exact) mass is 188 g/mol. The molecule has 1 aliphatic rings. The molecule has 2 rings (SSSR count). The molecular formula is C13H16O. The van der Waals surface area contributed by atoms with E-state index in [2.05, 4.69) is 42.5 Å². The van der Waals surface area contributed by atoms with Gasteiger partial charge < -0.3 is 4.74 Å². The van der Waals surface area contributed by atoms with Crippen molar-refractivity contribution >= 4 is 0 Å². The van der Waals surface area contributed by atoms with Gasteiger partial charge in [-0.05, 0) is 24.8 Å². The van der Waals surface area contributed by atoms with Crippen molar-refractivity contribution in [2.24, 2.45) is 0 Å². The van der Waals surface area contributed by atoms with E-state index in [-0.39, 0.29) is 0 Å². The number of ether oxygens (including phenoxy) is 1. The highest BCUT2D eigenvalue weighted by molar-refractivity contribution is 5.17. The summed E-state index contributed by atoms with van der Waals surface area (Å²) in [4.78, 5) is 0. The molecule has 14 heavy (non-hydrogen) atoms. The van der Waals surface area contributed by atoms with Gasteiger partial charge in [0.05, 0.1) is 12.7 Å². The van der Waals surface area contributed by atoms with Gasteiger partial charge in [0.1, 0.15) is 0 Å². The predicted octanol–water partition coefficient (Wildman–Crippen LogP) is 2.96. The van der Waals surface area contributed by atoms with Crippen LogP contribution in [0.1, 0.15) is 18.4 Å². The fourth-order valence-electron chi connectivity index (χ4n) is 1.47. The summed E-state index contributed by atoms with van der Waals surface area (Å²) in [5.74, 6) is 0. The molecule has 1 saturated heterocycles. The van der Waals surface area contributed by atoms with E-state index in [1.165, 1.54) is 12.0 Å². The maximum atomic E-state index is 5.14. The lowest BCUT2D eigenvalue weighted by atomic mass is 10.1.